The van der Waals surface area contributed by atoms with Crippen LogP contribution in [0.3, 0.4) is 0 Å². The van der Waals surface area contributed by atoms with Crippen molar-refractivity contribution in [1.82, 2.24) is 0 Å². The SMILES string of the molecule is COc1cc(/C=C2/SC(=S)N(c3ccccc3)C2=O)c(Br)cc1OCc1ccccc1C#N. The van der Waals surface area contributed by atoms with E-state index in [4.69, 9.17) is 21.7 Å². The lowest BCUT2D eigenvalue weighted by molar-refractivity contribution is -0.113. The molecular weight excluding hydrogens is 520 g/mol. The van der Waals surface area contributed by atoms with E-state index >= 15 is 0 Å². The maximum absolute atomic E-state index is 13.0. The Morgan fingerprint density at radius 2 is 1.85 bits per heavy atom. The van der Waals surface area contributed by atoms with E-state index in [0.717, 1.165) is 21.3 Å². The number of methoxy groups -OCH3 is 1. The lowest BCUT2D eigenvalue weighted by atomic mass is 10.1. The van der Waals surface area contributed by atoms with Crippen LogP contribution in [-0.2, 0) is 11.4 Å². The van der Waals surface area contributed by atoms with Crippen molar-refractivity contribution in [3.05, 3.63) is 92.8 Å². The number of thioether (sulfide) groups is 1. The summed E-state index contributed by atoms with van der Waals surface area (Å²) < 4.78 is 12.7. The molecule has 4 rings (SSSR count). The second kappa shape index (κ2) is 10.2. The molecule has 0 aliphatic carbocycles. The lowest BCUT2D eigenvalue weighted by Crippen LogP contribution is -2.27. The number of rotatable bonds is 6. The third-order valence-corrected chi connectivity index (χ3v) is 6.89. The van der Waals surface area contributed by atoms with Crippen LogP contribution >= 0.6 is 39.9 Å². The van der Waals surface area contributed by atoms with Crippen LogP contribution in [0.4, 0.5) is 5.69 Å². The summed E-state index contributed by atoms with van der Waals surface area (Å²) in [6.07, 6.45) is 1.78. The molecule has 3 aromatic rings. The number of hydrogen-bond donors (Lipinski definition) is 0. The highest BCUT2D eigenvalue weighted by Gasteiger charge is 2.33. The van der Waals surface area contributed by atoms with Crippen molar-refractivity contribution in [3.63, 3.8) is 0 Å². The zero-order chi connectivity index (χ0) is 23.4. The van der Waals surface area contributed by atoms with Gasteiger partial charge in [0.15, 0.2) is 15.8 Å². The number of nitrogens with zero attached hydrogens (tertiary/aromatic N) is 2. The van der Waals surface area contributed by atoms with Gasteiger partial charge in [-0.05, 0) is 42.0 Å². The summed E-state index contributed by atoms with van der Waals surface area (Å²) in [4.78, 5) is 15.1. The topological polar surface area (TPSA) is 62.6 Å². The van der Waals surface area contributed by atoms with Crippen molar-refractivity contribution in [2.45, 2.75) is 6.61 Å². The molecule has 1 amide bonds. The number of ether oxygens (including phenoxy) is 2. The number of hydrogen-bond acceptors (Lipinski definition) is 6. The fraction of sp³-hybridized carbons (Fsp3) is 0.0800. The predicted molar refractivity (Wildman–Crippen MR) is 138 cm³/mol. The molecule has 1 heterocycles. The van der Waals surface area contributed by atoms with E-state index in [1.165, 1.54) is 16.7 Å². The van der Waals surface area contributed by atoms with Crippen LogP contribution in [0.1, 0.15) is 16.7 Å². The van der Waals surface area contributed by atoms with Gasteiger partial charge in [0.2, 0.25) is 0 Å². The molecule has 33 heavy (non-hydrogen) atoms. The van der Waals surface area contributed by atoms with Gasteiger partial charge in [-0.3, -0.25) is 9.69 Å². The average molecular weight is 537 g/mol. The second-order valence-electron chi connectivity index (χ2n) is 6.93. The van der Waals surface area contributed by atoms with E-state index in [1.54, 1.807) is 31.4 Å². The number of carbonyl (C=O) groups is 1. The summed E-state index contributed by atoms with van der Waals surface area (Å²) in [7, 11) is 1.55. The monoisotopic (exact) mass is 536 g/mol. The molecule has 1 aliphatic rings. The van der Waals surface area contributed by atoms with Crippen molar-refractivity contribution in [1.29, 1.82) is 5.26 Å². The molecule has 5 nitrogen and oxygen atoms in total. The van der Waals surface area contributed by atoms with Crippen molar-refractivity contribution in [3.8, 4) is 17.6 Å². The highest BCUT2D eigenvalue weighted by atomic mass is 79.9. The van der Waals surface area contributed by atoms with Gasteiger partial charge in [0.1, 0.15) is 6.61 Å². The molecule has 0 atom stereocenters. The maximum Gasteiger partial charge on any atom is 0.270 e. The van der Waals surface area contributed by atoms with Crippen LogP contribution in [0.5, 0.6) is 11.5 Å². The first-order valence-corrected chi connectivity index (χ1v) is 11.8. The second-order valence-corrected chi connectivity index (χ2v) is 9.46. The first kappa shape index (κ1) is 23.1. The molecule has 0 bridgehead atoms. The van der Waals surface area contributed by atoms with Gasteiger partial charge in [0, 0.05) is 10.0 Å². The Balaban J connectivity index is 1.59. The van der Waals surface area contributed by atoms with E-state index in [9.17, 15) is 10.1 Å². The highest BCUT2D eigenvalue weighted by molar-refractivity contribution is 9.10. The van der Waals surface area contributed by atoms with Crippen LogP contribution in [0, 0.1) is 11.3 Å². The minimum absolute atomic E-state index is 0.171. The normalized spacial score (nSPS) is 14.5. The first-order chi connectivity index (χ1) is 16.0. The van der Waals surface area contributed by atoms with E-state index in [0.29, 0.717) is 26.3 Å². The summed E-state index contributed by atoms with van der Waals surface area (Å²) in [5.41, 5.74) is 2.84. The van der Waals surface area contributed by atoms with Crippen LogP contribution in [0.25, 0.3) is 6.08 Å². The zero-order valence-electron chi connectivity index (χ0n) is 17.4. The number of carbonyl (C=O) groups excluding carboxylic acids is 1. The van der Waals surface area contributed by atoms with E-state index in [1.807, 2.05) is 48.5 Å². The fourth-order valence-corrected chi connectivity index (χ4v) is 4.98. The number of anilines is 1. The molecule has 0 spiro atoms. The summed E-state index contributed by atoms with van der Waals surface area (Å²) >= 11 is 10.3. The fourth-order valence-electron chi connectivity index (χ4n) is 3.25. The predicted octanol–water partition coefficient (Wildman–Crippen LogP) is 6.31. The van der Waals surface area contributed by atoms with Gasteiger partial charge in [0.25, 0.3) is 5.91 Å². The van der Waals surface area contributed by atoms with Crippen LogP contribution in [0.2, 0.25) is 0 Å². The zero-order valence-corrected chi connectivity index (χ0v) is 20.7. The molecule has 1 fully saturated rings. The number of thiocarbonyl (C=S) groups is 1. The summed E-state index contributed by atoms with van der Waals surface area (Å²) in [5, 5.41) is 9.28. The third kappa shape index (κ3) is 4.96. The van der Waals surface area contributed by atoms with Gasteiger partial charge in [-0.1, -0.05) is 76.3 Å². The van der Waals surface area contributed by atoms with E-state index in [-0.39, 0.29) is 12.5 Å². The van der Waals surface area contributed by atoms with E-state index < -0.39 is 0 Å². The Labute approximate surface area is 209 Å². The molecule has 0 saturated carbocycles. The molecule has 3 aromatic carbocycles. The molecule has 164 valence electrons. The Morgan fingerprint density at radius 1 is 1.12 bits per heavy atom. The lowest BCUT2D eigenvalue weighted by Gasteiger charge is -2.14. The number of para-hydroxylation sites is 1. The highest BCUT2D eigenvalue weighted by Crippen LogP contribution is 2.39. The minimum Gasteiger partial charge on any atom is -0.493 e. The number of halogens is 1. The first-order valence-electron chi connectivity index (χ1n) is 9.83. The van der Waals surface area contributed by atoms with Gasteiger partial charge in [0.05, 0.1) is 29.3 Å². The van der Waals surface area contributed by atoms with Gasteiger partial charge in [-0.2, -0.15) is 5.26 Å². The third-order valence-electron chi connectivity index (χ3n) is 4.90. The summed E-state index contributed by atoms with van der Waals surface area (Å²) in [5.74, 6) is 0.860. The van der Waals surface area contributed by atoms with Crippen molar-refractivity contribution in [2.75, 3.05) is 12.0 Å². The largest absolute Gasteiger partial charge is 0.493 e. The van der Waals surface area contributed by atoms with E-state index in [2.05, 4.69) is 22.0 Å². The molecule has 1 aliphatic heterocycles. The number of benzene rings is 3. The van der Waals surface area contributed by atoms with Crippen molar-refractivity contribution in [2.24, 2.45) is 0 Å². The Bertz CT molecular complexity index is 1300. The molecular formula is C25H17BrN2O3S2. The van der Waals surface area contributed by atoms with Gasteiger partial charge < -0.3 is 9.47 Å². The van der Waals surface area contributed by atoms with Crippen LogP contribution in [-0.4, -0.2) is 17.3 Å². The Kier molecular flexibility index (Phi) is 7.14. The van der Waals surface area contributed by atoms with Crippen molar-refractivity contribution >= 4 is 61.9 Å². The summed E-state index contributed by atoms with van der Waals surface area (Å²) in [6, 6.07) is 22.4. The van der Waals surface area contributed by atoms with Crippen LogP contribution < -0.4 is 14.4 Å². The Morgan fingerprint density at radius 3 is 2.58 bits per heavy atom. The standard InChI is InChI=1S/C25H17BrN2O3S2/c1-30-21-11-18(12-23-24(29)28(25(32)33-23)19-9-3-2-4-10-19)20(26)13-22(21)31-15-17-8-6-5-7-16(17)14-27/h2-13H,15H2,1H3/b23-12+. The smallest absolute Gasteiger partial charge is 0.270 e. The van der Waals surface area contributed by atoms with Gasteiger partial charge in [-0.15, -0.1) is 0 Å². The quantitative estimate of drug-likeness (QED) is 0.271. The minimum atomic E-state index is -0.171. The maximum atomic E-state index is 13.0. The van der Waals surface area contributed by atoms with Gasteiger partial charge in [-0.25, -0.2) is 0 Å². The number of nitriles is 1. The molecule has 0 unspecified atom stereocenters. The molecule has 0 aromatic heterocycles. The molecule has 0 radical (unpaired) electrons. The number of amides is 1. The molecule has 1 saturated heterocycles. The molecule has 0 N–H and O–H groups in total. The van der Waals surface area contributed by atoms with Crippen molar-refractivity contribution < 1.29 is 14.3 Å². The summed E-state index contributed by atoms with van der Waals surface area (Å²) in [6.45, 7) is 0.224. The molecule has 8 heteroatoms. The van der Waals surface area contributed by atoms with Crippen LogP contribution in [0.15, 0.2) is 76.1 Å². The van der Waals surface area contributed by atoms with Gasteiger partial charge >= 0.3 is 0 Å². The Hall–Kier alpha value is -3.12. The average Bonchev–Trinajstić information content (AvgIpc) is 3.12.